The number of hydrogen-bond acceptors (Lipinski definition) is 5. The molecule has 0 saturated carbocycles. The zero-order valence-electron chi connectivity index (χ0n) is 16.5. The average molecular weight is 420 g/mol. The smallest absolute Gasteiger partial charge is 0.251 e. The van der Waals surface area contributed by atoms with Crippen LogP contribution < -0.4 is 15.8 Å². The largest absolute Gasteiger partial charge is 0.457 e. The maximum Gasteiger partial charge on any atom is 0.251 e. The van der Waals surface area contributed by atoms with E-state index < -0.39 is 11.8 Å². The Morgan fingerprint density at radius 3 is 2.37 bits per heavy atom. The first kappa shape index (κ1) is 18.8. The van der Waals surface area contributed by atoms with Gasteiger partial charge in [0.2, 0.25) is 5.91 Å². The number of thiophene rings is 1. The zero-order chi connectivity index (χ0) is 20.8. The summed E-state index contributed by atoms with van der Waals surface area (Å²) in [7, 11) is 2.04. The van der Waals surface area contributed by atoms with Crippen molar-refractivity contribution >= 4 is 28.2 Å². The molecule has 7 heteroatoms. The van der Waals surface area contributed by atoms with E-state index in [4.69, 9.17) is 10.5 Å². The fourth-order valence-electron chi connectivity index (χ4n) is 4.26. The molecule has 0 fully saturated rings. The summed E-state index contributed by atoms with van der Waals surface area (Å²) in [6, 6.07) is 15.1. The minimum atomic E-state index is -0.534. The number of benzene rings is 2. The maximum atomic E-state index is 13.5. The Hall–Kier alpha value is -3.16. The Kier molecular flexibility index (Phi) is 4.56. The molecule has 0 bridgehead atoms. The molecule has 2 aromatic carbocycles. The summed E-state index contributed by atoms with van der Waals surface area (Å²) in [5.41, 5.74) is 8.73. The Labute approximate surface area is 178 Å². The number of rotatable bonds is 3. The predicted octanol–water partition coefficient (Wildman–Crippen LogP) is 3.71. The lowest BCUT2D eigenvalue weighted by molar-refractivity contribution is -0.116. The summed E-state index contributed by atoms with van der Waals surface area (Å²) in [5, 5.41) is 3.56. The number of carbonyl (C=O) groups excluding carboxylic acids is 2. The molecule has 0 atom stereocenters. The molecule has 0 spiro atoms. The van der Waals surface area contributed by atoms with E-state index in [1.54, 1.807) is 0 Å². The number of likely N-dealkylation sites (N-methyl/N-ethyl adjacent to an activating group) is 1. The van der Waals surface area contributed by atoms with Crippen LogP contribution in [0.4, 0.5) is 5.00 Å². The van der Waals surface area contributed by atoms with Crippen molar-refractivity contribution in [1.29, 1.82) is 0 Å². The lowest BCUT2D eigenvalue weighted by atomic mass is 9.87. The van der Waals surface area contributed by atoms with Crippen LogP contribution in [0.1, 0.15) is 37.8 Å². The standard InChI is InChI=1S/C23H21N3O3S/c1-26-11-10-15-18(12-26)30-23(20(15)21(24)27)25-22(28)19-13-6-2-4-8-16(13)29-17-9-5-3-7-14(17)19/h2-9,19H,10-12H2,1H3,(H2,24,27)(H,25,28). The summed E-state index contributed by atoms with van der Waals surface area (Å²) in [6.45, 7) is 1.61. The number of hydrogen-bond donors (Lipinski definition) is 2. The second kappa shape index (κ2) is 7.27. The van der Waals surface area contributed by atoms with Crippen LogP contribution in [-0.2, 0) is 17.8 Å². The highest BCUT2D eigenvalue weighted by molar-refractivity contribution is 7.17. The number of anilines is 1. The Morgan fingerprint density at radius 1 is 1.10 bits per heavy atom. The minimum Gasteiger partial charge on any atom is -0.457 e. The van der Waals surface area contributed by atoms with Gasteiger partial charge in [-0.15, -0.1) is 11.3 Å². The number of primary amides is 1. The Balaban J connectivity index is 1.55. The van der Waals surface area contributed by atoms with E-state index in [9.17, 15) is 9.59 Å². The van der Waals surface area contributed by atoms with Gasteiger partial charge >= 0.3 is 0 Å². The van der Waals surface area contributed by atoms with Crippen LogP contribution in [0.15, 0.2) is 48.5 Å². The van der Waals surface area contributed by atoms with Crippen molar-refractivity contribution in [1.82, 2.24) is 4.90 Å². The van der Waals surface area contributed by atoms with Gasteiger partial charge in [0.15, 0.2) is 0 Å². The number of carbonyl (C=O) groups is 2. The third kappa shape index (κ3) is 3.07. The average Bonchev–Trinajstić information content (AvgIpc) is 3.08. The highest BCUT2D eigenvalue weighted by Gasteiger charge is 2.34. The van der Waals surface area contributed by atoms with Gasteiger partial charge in [-0.1, -0.05) is 36.4 Å². The Bertz CT molecular complexity index is 1120. The van der Waals surface area contributed by atoms with Gasteiger partial charge in [-0.25, -0.2) is 0 Å². The first-order chi connectivity index (χ1) is 14.5. The molecule has 30 heavy (non-hydrogen) atoms. The van der Waals surface area contributed by atoms with Crippen molar-refractivity contribution < 1.29 is 14.3 Å². The van der Waals surface area contributed by atoms with Gasteiger partial charge in [-0.3, -0.25) is 9.59 Å². The van der Waals surface area contributed by atoms with Gasteiger partial charge in [0.25, 0.3) is 5.91 Å². The molecule has 5 rings (SSSR count). The number of nitrogens with one attached hydrogen (secondary N) is 1. The summed E-state index contributed by atoms with van der Waals surface area (Å²) < 4.78 is 5.99. The van der Waals surface area contributed by atoms with Crippen molar-refractivity contribution in [2.24, 2.45) is 5.73 Å². The molecule has 0 saturated heterocycles. The van der Waals surface area contributed by atoms with Crippen molar-refractivity contribution in [3.05, 3.63) is 75.7 Å². The van der Waals surface area contributed by atoms with Crippen LogP contribution in [0.2, 0.25) is 0 Å². The summed E-state index contributed by atoms with van der Waals surface area (Å²) >= 11 is 1.44. The third-order valence-corrected chi connectivity index (χ3v) is 6.81. The fraction of sp³-hybridized carbons (Fsp3) is 0.217. The van der Waals surface area contributed by atoms with E-state index in [-0.39, 0.29) is 5.91 Å². The van der Waals surface area contributed by atoms with Gasteiger partial charge in [0, 0.05) is 29.1 Å². The number of para-hydroxylation sites is 2. The topological polar surface area (TPSA) is 84.7 Å². The molecule has 1 aromatic heterocycles. The number of ether oxygens (including phenoxy) is 1. The quantitative estimate of drug-likeness (QED) is 0.678. The van der Waals surface area contributed by atoms with E-state index in [0.29, 0.717) is 22.1 Å². The molecule has 2 aliphatic heterocycles. The summed E-state index contributed by atoms with van der Waals surface area (Å²) in [4.78, 5) is 29.0. The van der Waals surface area contributed by atoms with Gasteiger partial charge in [-0.2, -0.15) is 0 Å². The zero-order valence-corrected chi connectivity index (χ0v) is 17.3. The molecule has 0 radical (unpaired) electrons. The van der Waals surface area contributed by atoms with Crippen molar-refractivity contribution in [3.8, 4) is 11.5 Å². The number of amides is 2. The van der Waals surface area contributed by atoms with Crippen LogP contribution >= 0.6 is 11.3 Å². The van der Waals surface area contributed by atoms with E-state index in [1.807, 2.05) is 55.6 Å². The van der Waals surface area contributed by atoms with Crippen LogP contribution in [-0.4, -0.2) is 30.3 Å². The van der Waals surface area contributed by atoms with E-state index in [2.05, 4.69) is 10.2 Å². The molecule has 2 amide bonds. The molecule has 2 aliphatic rings. The monoisotopic (exact) mass is 419 g/mol. The molecule has 3 heterocycles. The number of fused-ring (bicyclic) bond motifs is 3. The van der Waals surface area contributed by atoms with Gasteiger partial charge in [0.1, 0.15) is 16.5 Å². The third-order valence-electron chi connectivity index (χ3n) is 5.67. The predicted molar refractivity (Wildman–Crippen MR) is 116 cm³/mol. The van der Waals surface area contributed by atoms with E-state index in [0.717, 1.165) is 41.1 Å². The molecule has 0 unspecified atom stereocenters. The van der Waals surface area contributed by atoms with Gasteiger partial charge in [0.05, 0.1) is 11.5 Å². The van der Waals surface area contributed by atoms with Crippen molar-refractivity contribution in [2.75, 3.05) is 18.9 Å². The molecule has 152 valence electrons. The van der Waals surface area contributed by atoms with E-state index in [1.165, 1.54) is 11.3 Å². The van der Waals surface area contributed by atoms with Crippen LogP contribution in [0.3, 0.4) is 0 Å². The summed E-state index contributed by atoms with van der Waals surface area (Å²) in [5.74, 6) is 0.0959. The highest BCUT2D eigenvalue weighted by Crippen LogP contribution is 2.45. The number of nitrogens with two attached hydrogens (primary N) is 1. The SMILES string of the molecule is CN1CCc2c(sc(NC(=O)C3c4ccccc4Oc4ccccc43)c2C(N)=O)C1. The first-order valence-electron chi connectivity index (χ1n) is 9.82. The Morgan fingerprint density at radius 2 is 1.73 bits per heavy atom. The van der Waals surface area contributed by atoms with E-state index >= 15 is 0 Å². The molecular weight excluding hydrogens is 398 g/mol. The van der Waals surface area contributed by atoms with Crippen molar-refractivity contribution in [3.63, 3.8) is 0 Å². The summed E-state index contributed by atoms with van der Waals surface area (Å²) in [6.07, 6.45) is 0.749. The second-order valence-electron chi connectivity index (χ2n) is 7.66. The number of nitrogens with zero attached hydrogens (tertiary/aromatic N) is 1. The lowest BCUT2D eigenvalue weighted by Gasteiger charge is -2.27. The minimum absolute atomic E-state index is 0.201. The van der Waals surface area contributed by atoms with Crippen LogP contribution in [0, 0.1) is 0 Å². The molecular formula is C23H21N3O3S. The van der Waals surface area contributed by atoms with Crippen LogP contribution in [0.25, 0.3) is 0 Å². The first-order valence-corrected chi connectivity index (χ1v) is 10.6. The molecule has 6 nitrogen and oxygen atoms in total. The van der Waals surface area contributed by atoms with Crippen LogP contribution in [0.5, 0.6) is 11.5 Å². The maximum absolute atomic E-state index is 13.5. The molecule has 3 N–H and O–H groups in total. The fourth-order valence-corrected chi connectivity index (χ4v) is 5.59. The van der Waals surface area contributed by atoms with Crippen molar-refractivity contribution in [2.45, 2.75) is 18.9 Å². The lowest BCUT2D eigenvalue weighted by Crippen LogP contribution is -2.27. The normalized spacial score (nSPS) is 15.5. The second-order valence-corrected chi connectivity index (χ2v) is 8.77. The van der Waals surface area contributed by atoms with Gasteiger partial charge in [-0.05, 0) is 31.2 Å². The molecule has 3 aromatic rings. The molecule has 0 aliphatic carbocycles. The highest BCUT2D eigenvalue weighted by atomic mass is 32.1. The van der Waals surface area contributed by atoms with Gasteiger partial charge < -0.3 is 20.7 Å².